The Morgan fingerprint density at radius 1 is 1.06 bits per heavy atom. The lowest BCUT2D eigenvalue weighted by Gasteiger charge is -2.11. The molecule has 0 saturated heterocycles. The molecule has 0 atom stereocenters. The molecular weight excluding hydrogens is 396 g/mol. The molecular formula is C24H26N2O5. The number of amides is 1. The van der Waals surface area contributed by atoms with Crippen molar-refractivity contribution >= 4 is 17.6 Å². The average molecular weight is 422 g/mol. The Kier molecular flexibility index (Phi) is 7.43. The first-order chi connectivity index (χ1) is 15.0. The fourth-order valence-corrected chi connectivity index (χ4v) is 3.00. The molecule has 0 saturated carbocycles. The van der Waals surface area contributed by atoms with Gasteiger partial charge < -0.3 is 14.0 Å². The van der Waals surface area contributed by atoms with Crippen LogP contribution < -0.4 is 14.8 Å². The highest BCUT2D eigenvalue weighted by molar-refractivity contribution is 5.94. The van der Waals surface area contributed by atoms with Crippen LogP contribution in [-0.2, 0) is 11.2 Å². The molecule has 3 rings (SSSR count). The highest BCUT2D eigenvalue weighted by Crippen LogP contribution is 2.28. The third kappa shape index (κ3) is 5.94. The van der Waals surface area contributed by atoms with Crippen LogP contribution in [-0.4, -0.2) is 30.6 Å². The van der Waals surface area contributed by atoms with Crippen molar-refractivity contribution in [3.05, 3.63) is 59.7 Å². The highest BCUT2D eigenvalue weighted by Gasteiger charge is 2.11. The number of ether oxygens (including phenoxy) is 2. The normalized spacial score (nSPS) is 10.5. The Morgan fingerprint density at radius 2 is 1.84 bits per heavy atom. The number of methoxy groups -OCH3 is 1. The van der Waals surface area contributed by atoms with Crippen LogP contribution in [0.3, 0.4) is 0 Å². The quantitative estimate of drug-likeness (QED) is 0.369. The number of aryl methyl sites for hydroxylation is 1. The van der Waals surface area contributed by atoms with Crippen molar-refractivity contribution in [2.75, 3.05) is 19.0 Å². The van der Waals surface area contributed by atoms with Gasteiger partial charge in [0.05, 0.1) is 13.7 Å². The maximum absolute atomic E-state index is 12.2. The minimum atomic E-state index is -0.188. The van der Waals surface area contributed by atoms with Gasteiger partial charge in [0.15, 0.2) is 17.3 Å². The van der Waals surface area contributed by atoms with Crippen molar-refractivity contribution in [2.45, 2.75) is 33.1 Å². The van der Waals surface area contributed by atoms with Crippen LogP contribution in [0.15, 0.2) is 53.1 Å². The maximum atomic E-state index is 12.2. The predicted molar refractivity (Wildman–Crippen MR) is 118 cm³/mol. The van der Waals surface area contributed by atoms with E-state index in [1.54, 1.807) is 24.3 Å². The molecule has 0 fully saturated rings. The van der Waals surface area contributed by atoms with E-state index in [9.17, 15) is 9.59 Å². The molecule has 3 aromatic rings. The van der Waals surface area contributed by atoms with Gasteiger partial charge in [-0.15, -0.1) is 0 Å². The molecule has 0 aliphatic carbocycles. The van der Waals surface area contributed by atoms with Gasteiger partial charge in [-0.1, -0.05) is 36.3 Å². The van der Waals surface area contributed by atoms with Gasteiger partial charge in [-0.3, -0.25) is 14.9 Å². The number of nitrogens with one attached hydrogen (secondary N) is 1. The third-order valence-corrected chi connectivity index (χ3v) is 4.81. The van der Waals surface area contributed by atoms with Gasteiger partial charge in [0.2, 0.25) is 11.8 Å². The Balaban J connectivity index is 1.47. The summed E-state index contributed by atoms with van der Waals surface area (Å²) in [5, 5.41) is 6.73. The van der Waals surface area contributed by atoms with E-state index in [1.165, 1.54) is 19.6 Å². The Labute approximate surface area is 181 Å². The van der Waals surface area contributed by atoms with Gasteiger partial charge in [0.25, 0.3) is 0 Å². The summed E-state index contributed by atoms with van der Waals surface area (Å²) >= 11 is 0. The smallest absolute Gasteiger partial charge is 0.231 e. The van der Waals surface area contributed by atoms with Crippen LogP contribution >= 0.6 is 0 Å². The Hall–Kier alpha value is -3.61. The average Bonchev–Trinajstić information content (AvgIpc) is 3.25. The number of carbonyl (C=O) groups excluding carboxylic acids is 2. The van der Waals surface area contributed by atoms with Gasteiger partial charge in [0, 0.05) is 23.6 Å². The summed E-state index contributed by atoms with van der Waals surface area (Å²) in [7, 11) is 1.52. The fraction of sp³-hybridized carbons (Fsp3) is 0.292. The zero-order valence-corrected chi connectivity index (χ0v) is 17.9. The summed E-state index contributed by atoms with van der Waals surface area (Å²) in [6.07, 6.45) is 1.73. The van der Waals surface area contributed by atoms with Gasteiger partial charge in [-0.25, -0.2) is 0 Å². The van der Waals surface area contributed by atoms with Crippen molar-refractivity contribution in [3.8, 4) is 22.8 Å². The molecule has 0 radical (unpaired) electrons. The molecule has 0 bridgehead atoms. The number of anilines is 1. The summed E-state index contributed by atoms with van der Waals surface area (Å²) in [6.45, 7) is 3.92. The summed E-state index contributed by atoms with van der Waals surface area (Å²) in [5.41, 5.74) is 3.40. The number of carbonyl (C=O) groups is 2. The van der Waals surface area contributed by atoms with E-state index in [2.05, 4.69) is 17.4 Å². The molecule has 162 valence electrons. The number of hydrogen-bond acceptors (Lipinski definition) is 6. The van der Waals surface area contributed by atoms with Gasteiger partial charge in [-0.05, 0) is 43.5 Å². The van der Waals surface area contributed by atoms with Crippen LogP contribution in [0, 0.1) is 0 Å². The SMILES string of the molecule is CCc1ccc(-c2cc(NC(=O)CCCOc3ccc(C(C)=O)cc3OC)on2)cc1. The zero-order chi connectivity index (χ0) is 22.2. The van der Waals surface area contributed by atoms with Crippen LogP contribution in [0.5, 0.6) is 11.5 Å². The van der Waals surface area contributed by atoms with Crippen LogP contribution in [0.1, 0.15) is 42.6 Å². The van der Waals surface area contributed by atoms with Gasteiger partial charge >= 0.3 is 0 Å². The molecule has 0 aliphatic rings. The molecule has 0 unspecified atom stereocenters. The van der Waals surface area contributed by atoms with Crippen molar-refractivity contribution in [1.82, 2.24) is 5.16 Å². The number of Topliss-reactive ketones (excluding diaryl/α,β-unsaturated/α-hetero) is 1. The van der Waals surface area contributed by atoms with Crippen LogP contribution in [0.25, 0.3) is 11.3 Å². The largest absolute Gasteiger partial charge is 0.493 e. The Morgan fingerprint density at radius 3 is 2.52 bits per heavy atom. The van der Waals surface area contributed by atoms with E-state index in [1.807, 2.05) is 24.3 Å². The van der Waals surface area contributed by atoms with Crippen LogP contribution in [0.4, 0.5) is 5.88 Å². The molecule has 0 aliphatic heterocycles. The van der Waals surface area contributed by atoms with Crippen molar-refractivity contribution in [2.24, 2.45) is 0 Å². The number of ketones is 1. The molecule has 0 spiro atoms. The summed E-state index contributed by atoms with van der Waals surface area (Å²) in [6, 6.07) is 14.8. The summed E-state index contributed by atoms with van der Waals surface area (Å²) in [5.74, 6) is 1.09. The van der Waals surface area contributed by atoms with Crippen molar-refractivity contribution < 1.29 is 23.6 Å². The first-order valence-electron chi connectivity index (χ1n) is 10.2. The van der Waals surface area contributed by atoms with E-state index in [0.29, 0.717) is 41.7 Å². The summed E-state index contributed by atoms with van der Waals surface area (Å²) < 4.78 is 16.2. The third-order valence-electron chi connectivity index (χ3n) is 4.81. The van der Waals surface area contributed by atoms with E-state index >= 15 is 0 Å². The fourth-order valence-electron chi connectivity index (χ4n) is 3.00. The summed E-state index contributed by atoms with van der Waals surface area (Å²) in [4.78, 5) is 23.6. The first kappa shape index (κ1) is 22.1. The topological polar surface area (TPSA) is 90.7 Å². The van der Waals surface area contributed by atoms with Crippen molar-refractivity contribution in [3.63, 3.8) is 0 Å². The second-order valence-electron chi connectivity index (χ2n) is 7.05. The van der Waals surface area contributed by atoms with E-state index < -0.39 is 0 Å². The van der Waals surface area contributed by atoms with E-state index in [0.717, 1.165) is 12.0 Å². The minimum Gasteiger partial charge on any atom is -0.493 e. The molecule has 2 aromatic carbocycles. The number of aromatic nitrogens is 1. The van der Waals surface area contributed by atoms with Crippen LogP contribution in [0.2, 0.25) is 0 Å². The second kappa shape index (κ2) is 10.4. The molecule has 31 heavy (non-hydrogen) atoms. The molecule has 7 heteroatoms. The molecule has 1 heterocycles. The van der Waals surface area contributed by atoms with E-state index in [-0.39, 0.29) is 18.1 Å². The standard InChI is InChI=1S/C24H26N2O5/c1-4-17-7-9-18(10-8-17)20-15-24(31-26-20)25-23(28)6-5-13-30-21-12-11-19(16(2)27)14-22(21)29-3/h7-12,14-15H,4-6,13H2,1-3H3,(H,25,28). The number of hydrogen-bond donors (Lipinski definition) is 1. The zero-order valence-electron chi connectivity index (χ0n) is 17.9. The number of nitrogens with zero attached hydrogens (tertiary/aromatic N) is 1. The Bertz CT molecular complexity index is 1040. The minimum absolute atomic E-state index is 0.0462. The van der Waals surface area contributed by atoms with Crippen molar-refractivity contribution in [1.29, 1.82) is 0 Å². The molecule has 1 aromatic heterocycles. The second-order valence-corrected chi connectivity index (χ2v) is 7.05. The lowest BCUT2D eigenvalue weighted by atomic mass is 10.1. The van der Waals surface area contributed by atoms with E-state index in [4.69, 9.17) is 14.0 Å². The first-order valence-corrected chi connectivity index (χ1v) is 10.2. The molecule has 1 amide bonds. The lowest BCUT2D eigenvalue weighted by molar-refractivity contribution is -0.116. The predicted octanol–water partition coefficient (Wildman–Crippen LogP) is 4.91. The van der Waals surface area contributed by atoms with Gasteiger partial charge in [-0.2, -0.15) is 0 Å². The maximum Gasteiger partial charge on any atom is 0.231 e. The number of benzene rings is 2. The lowest BCUT2D eigenvalue weighted by Crippen LogP contribution is -2.12. The highest BCUT2D eigenvalue weighted by atomic mass is 16.5. The molecule has 7 nitrogen and oxygen atoms in total. The van der Waals surface area contributed by atoms with Gasteiger partial charge in [0.1, 0.15) is 5.69 Å². The monoisotopic (exact) mass is 422 g/mol. The number of rotatable bonds is 10. The molecule has 1 N–H and O–H groups in total.